The Labute approximate surface area is 188 Å². The zero-order valence-electron chi connectivity index (χ0n) is 16.8. The Morgan fingerprint density at radius 2 is 1.97 bits per heavy atom. The standard InChI is InChI=1S/C21H19N3O5S2/c1-3-22(4-2)16-9-8-13(10-17(16)24(28)29)11-18-19(25)23(21(30)31-18)15-7-5-6-14(12-15)20(26)27/h5-12H,3-4H2,1-2H3,(H,26,27)/b18-11+. The summed E-state index contributed by atoms with van der Waals surface area (Å²) in [5.74, 6) is -1.52. The van der Waals surface area contributed by atoms with Crippen LogP contribution >= 0.6 is 24.0 Å². The number of carboxylic acid groups (broad SMARTS) is 1. The van der Waals surface area contributed by atoms with Gasteiger partial charge in [0.15, 0.2) is 4.32 Å². The summed E-state index contributed by atoms with van der Waals surface area (Å²) in [7, 11) is 0. The van der Waals surface area contributed by atoms with Crippen LogP contribution < -0.4 is 9.80 Å². The summed E-state index contributed by atoms with van der Waals surface area (Å²) < 4.78 is 0.257. The molecule has 31 heavy (non-hydrogen) atoms. The molecule has 1 aliphatic heterocycles. The molecule has 3 rings (SSSR count). The molecule has 0 aromatic heterocycles. The van der Waals surface area contributed by atoms with Crippen molar-refractivity contribution in [3.63, 3.8) is 0 Å². The maximum absolute atomic E-state index is 12.9. The molecule has 1 N–H and O–H groups in total. The van der Waals surface area contributed by atoms with Gasteiger partial charge < -0.3 is 10.0 Å². The second-order valence-electron chi connectivity index (χ2n) is 6.55. The van der Waals surface area contributed by atoms with Crippen LogP contribution in [0.2, 0.25) is 0 Å². The van der Waals surface area contributed by atoms with Crippen molar-refractivity contribution < 1.29 is 19.6 Å². The minimum absolute atomic E-state index is 0.0397. The van der Waals surface area contributed by atoms with E-state index in [-0.39, 0.29) is 15.6 Å². The number of aromatic carboxylic acids is 1. The molecule has 0 unspecified atom stereocenters. The zero-order valence-corrected chi connectivity index (χ0v) is 18.4. The molecule has 1 amide bonds. The van der Waals surface area contributed by atoms with Crippen LogP contribution in [0, 0.1) is 10.1 Å². The second-order valence-corrected chi connectivity index (χ2v) is 8.23. The van der Waals surface area contributed by atoms with Crippen molar-refractivity contribution in [2.24, 2.45) is 0 Å². The number of nitro benzene ring substituents is 1. The van der Waals surface area contributed by atoms with Gasteiger partial charge in [-0.3, -0.25) is 19.8 Å². The smallest absolute Gasteiger partial charge is 0.335 e. The fraction of sp³-hybridized carbons (Fsp3) is 0.190. The van der Waals surface area contributed by atoms with Crippen LogP contribution in [0.5, 0.6) is 0 Å². The van der Waals surface area contributed by atoms with Crippen molar-refractivity contribution in [3.05, 3.63) is 68.6 Å². The van der Waals surface area contributed by atoms with E-state index in [4.69, 9.17) is 12.2 Å². The van der Waals surface area contributed by atoms with Crippen LogP contribution in [-0.2, 0) is 4.79 Å². The molecule has 0 saturated carbocycles. The first-order valence-corrected chi connectivity index (χ1v) is 10.6. The zero-order chi connectivity index (χ0) is 22.7. The van der Waals surface area contributed by atoms with E-state index < -0.39 is 16.8 Å². The highest BCUT2D eigenvalue weighted by Gasteiger charge is 2.33. The first-order valence-electron chi connectivity index (χ1n) is 9.41. The number of hydrogen-bond acceptors (Lipinski definition) is 7. The second kappa shape index (κ2) is 9.27. The Hall–Kier alpha value is -3.24. The third-order valence-electron chi connectivity index (χ3n) is 4.74. The lowest BCUT2D eigenvalue weighted by atomic mass is 10.1. The highest BCUT2D eigenvalue weighted by Crippen LogP contribution is 2.37. The summed E-state index contributed by atoms with van der Waals surface area (Å²) >= 11 is 6.38. The molecule has 0 radical (unpaired) electrons. The number of carbonyl (C=O) groups is 2. The van der Waals surface area contributed by atoms with Gasteiger partial charge >= 0.3 is 5.97 Å². The number of benzene rings is 2. The average Bonchev–Trinajstić information content (AvgIpc) is 3.02. The van der Waals surface area contributed by atoms with Gasteiger partial charge in [0.2, 0.25) is 0 Å². The van der Waals surface area contributed by atoms with Crippen molar-refractivity contribution in [3.8, 4) is 0 Å². The molecule has 1 aliphatic rings. The number of hydrogen-bond donors (Lipinski definition) is 1. The molecule has 1 saturated heterocycles. The van der Waals surface area contributed by atoms with Crippen molar-refractivity contribution in [1.29, 1.82) is 0 Å². The SMILES string of the molecule is CCN(CC)c1ccc(/C=C2/SC(=S)N(c3cccc(C(=O)O)c3)C2=O)cc1[N+](=O)[O-]. The average molecular weight is 458 g/mol. The number of rotatable bonds is 7. The third kappa shape index (κ3) is 4.59. The van der Waals surface area contributed by atoms with Crippen molar-refractivity contribution in [2.45, 2.75) is 13.8 Å². The van der Waals surface area contributed by atoms with E-state index in [0.29, 0.717) is 34.9 Å². The Balaban J connectivity index is 1.96. The van der Waals surface area contributed by atoms with E-state index >= 15 is 0 Å². The number of anilines is 2. The predicted molar refractivity (Wildman–Crippen MR) is 126 cm³/mol. The summed E-state index contributed by atoms with van der Waals surface area (Å²) in [6.45, 7) is 5.10. The van der Waals surface area contributed by atoms with Gasteiger partial charge in [-0.05, 0) is 49.8 Å². The van der Waals surface area contributed by atoms with Crippen LogP contribution in [0.25, 0.3) is 6.08 Å². The largest absolute Gasteiger partial charge is 0.478 e. The highest BCUT2D eigenvalue weighted by molar-refractivity contribution is 8.27. The van der Waals surface area contributed by atoms with Gasteiger partial charge in [0.05, 0.1) is 21.1 Å². The minimum atomic E-state index is -1.11. The molecule has 10 heteroatoms. The minimum Gasteiger partial charge on any atom is -0.478 e. The lowest BCUT2D eigenvalue weighted by Gasteiger charge is -2.20. The Morgan fingerprint density at radius 1 is 1.26 bits per heavy atom. The van der Waals surface area contributed by atoms with Gasteiger partial charge in [-0.1, -0.05) is 36.1 Å². The van der Waals surface area contributed by atoms with Crippen LogP contribution in [0.4, 0.5) is 17.1 Å². The Morgan fingerprint density at radius 3 is 2.58 bits per heavy atom. The van der Waals surface area contributed by atoms with Gasteiger partial charge in [-0.2, -0.15) is 0 Å². The summed E-state index contributed by atoms with van der Waals surface area (Å²) in [5, 5.41) is 20.8. The van der Waals surface area contributed by atoms with Crippen molar-refractivity contribution >= 4 is 63.3 Å². The van der Waals surface area contributed by atoms with E-state index in [2.05, 4.69) is 0 Å². The lowest BCUT2D eigenvalue weighted by molar-refractivity contribution is -0.384. The van der Waals surface area contributed by atoms with E-state index in [1.54, 1.807) is 24.3 Å². The maximum Gasteiger partial charge on any atom is 0.335 e. The van der Waals surface area contributed by atoms with Gasteiger partial charge in [-0.25, -0.2) is 4.79 Å². The van der Waals surface area contributed by atoms with Gasteiger partial charge in [-0.15, -0.1) is 0 Å². The number of carboxylic acids is 1. The van der Waals surface area contributed by atoms with E-state index in [9.17, 15) is 24.8 Å². The van der Waals surface area contributed by atoms with Crippen molar-refractivity contribution in [2.75, 3.05) is 22.9 Å². The maximum atomic E-state index is 12.9. The van der Waals surface area contributed by atoms with Crippen LogP contribution in [0.1, 0.15) is 29.8 Å². The third-order valence-corrected chi connectivity index (χ3v) is 6.05. The number of carbonyl (C=O) groups excluding carboxylic acids is 1. The molecule has 2 aromatic rings. The monoisotopic (exact) mass is 457 g/mol. The number of nitrogens with zero attached hydrogens (tertiary/aromatic N) is 3. The fourth-order valence-corrected chi connectivity index (χ4v) is 4.53. The number of thioether (sulfide) groups is 1. The van der Waals surface area contributed by atoms with E-state index in [0.717, 1.165) is 11.8 Å². The van der Waals surface area contributed by atoms with Crippen LogP contribution in [0.3, 0.4) is 0 Å². The highest BCUT2D eigenvalue weighted by atomic mass is 32.2. The molecular formula is C21H19N3O5S2. The molecule has 160 valence electrons. The molecule has 2 aromatic carbocycles. The first-order chi connectivity index (χ1) is 14.8. The molecule has 0 atom stereocenters. The van der Waals surface area contributed by atoms with E-state index in [1.165, 1.54) is 29.2 Å². The summed E-state index contributed by atoms with van der Waals surface area (Å²) in [6.07, 6.45) is 1.55. The molecule has 0 spiro atoms. The number of thiocarbonyl (C=S) groups is 1. The predicted octanol–water partition coefficient (Wildman–Crippen LogP) is 4.55. The molecule has 8 nitrogen and oxygen atoms in total. The van der Waals surface area contributed by atoms with E-state index in [1.807, 2.05) is 18.7 Å². The van der Waals surface area contributed by atoms with Crippen LogP contribution in [0.15, 0.2) is 47.4 Å². The summed E-state index contributed by atoms with van der Waals surface area (Å²) in [4.78, 5) is 38.8. The van der Waals surface area contributed by atoms with Gasteiger partial charge in [0.1, 0.15) is 5.69 Å². The Kier molecular flexibility index (Phi) is 6.71. The van der Waals surface area contributed by atoms with Crippen LogP contribution in [-0.4, -0.2) is 39.3 Å². The molecular weight excluding hydrogens is 438 g/mol. The molecule has 0 aliphatic carbocycles. The summed E-state index contributed by atoms with van der Waals surface area (Å²) in [5.41, 5.74) is 1.38. The van der Waals surface area contributed by atoms with Gasteiger partial charge in [0.25, 0.3) is 11.6 Å². The number of amides is 1. The molecule has 1 heterocycles. The quantitative estimate of drug-likeness (QED) is 0.280. The molecule has 1 fully saturated rings. The van der Waals surface area contributed by atoms with Crippen molar-refractivity contribution in [1.82, 2.24) is 0 Å². The summed E-state index contributed by atoms with van der Waals surface area (Å²) in [6, 6.07) is 10.8. The normalized spacial score (nSPS) is 14.9. The topological polar surface area (TPSA) is 104 Å². The number of nitro groups is 1. The fourth-order valence-electron chi connectivity index (χ4n) is 3.23. The molecule has 0 bridgehead atoms. The van der Waals surface area contributed by atoms with Gasteiger partial charge in [0, 0.05) is 19.2 Å². The Bertz CT molecular complexity index is 1110. The first kappa shape index (κ1) is 22.4. The lowest BCUT2D eigenvalue weighted by Crippen LogP contribution is -2.27.